The van der Waals surface area contributed by atoms with Gasteiger partial charge in [-0.1, -0.05) is 90.9 Å². The molecule has 170 valence electrons. The molecule has 0 spiro atoms. The zero-order valence-electron chi connectivity index (χ0n) is 20.2. The summed E-state index contributed by atoms with van der Waals surface area (Å²) in [6.07, 6.45) is 18.5. The maximum Gasteiger partial charge on any atom is 0.259 e. The molecule has 0 bridgehead atoms. The quantitative estimate of drug-likeness (QED) is 0.137. The van der Waals surface area contributed by atoms with Gasteiger partial charge in [0.25, 0.3) is 8.53 Å². The minimum Gasteiger partial charge on any atom is -0.322 e. The minimum atomic E-state index is -0.930. The van der Waals surface area contributed by atoms with Gasteiger partial charge in [0, 0.05) is 12.1 Å². The molecule has 0 aromatic carbocycles. The van der Waals surface area contributed by atoms with Gasteiger partial charge in [-0.25, -0.2) is 4.67 Å². The second-order valence-corrected chi connectivity index (χ2v) is 10.2. The third kappa shape index (κ3) is 16.1. The van der Waals surface area contributed by atoms with Crippen molar-refractivity contribution in [3.8, 4) is 0 Å². The summed E-state index contributed by atoms with van der Waals surface area (Å²) in [4.78, 5) is 0. The Morgan fingerprint density at radius 2 is 0.857 bits per heavy atom. The predicted molar refractivity (Wildman–Crippen MR) is 127 cm³/mol. The lowest BCUT2D eigenvalue weighted by Crippen LogP contribution is -2.33. The molecule has 4 heteroatoms. The standard InChI is InChI=1S/C24H52NO2P/c1-7-9-11-13-15-16-18-20-22-27-28(25(23(3)4)24(5)6)26-21-19-17-14-12-10-8-2/h23-24H,7-22H2,1-6H3. The van der Waals surface area contributed by atoms with Crippen molar-refractivity contribution in [1.29, 1.82) is 0 Å². The Kier molecular flexibility index (Phi) is 20.8. The van der Waals surface area contributed by atoms with Crippen LogP contribution in [0.1, 0.15) is 131 Å². The van der Waals surface area contributed by atoms with Crippen molar-refractivity contribution < 1.29 is 9.05 Å². The molecule has 0 saturated carbocycles. The van der Waals surface area contributed by atoms with Crippen molar-refractivity contribution in [2.75, 3.05) is 13.2 Å². The van der Waals surface area contributed by atoms with Crippen LogP contribution >= 0.6 is 8.53 Å². The molecule has 0 heterocycles. The number of hydrogen-bond acceptors (Lipinski definition) is 3. The van der Waals surface area contributed by atoms with E-state index in [1.165, 1.54) is 77.0 Å². The van der Waals surface area contributed by atoms with E-state index in [0.717, 1.165) is 26.1 Å². The van der Waals surface area contributed by atoms with Crippen LogP contribution in [0.3, 0.4) is 0 Å². The van der Waals surface area contributed by atoms with Crippen LogP contribution < -0.4 is 0 Å². The molecule has 0 aromatic rings. The average molecular weight is 418 g/mol. The van der Waals surface area contributed by atoms with Gasteiger partial charge in [0.15, 0.2) is 0 Å². The second-order valence-electron chi connectivity index (χ2n) is 8.71. The zero-order valence-corrected chi connectivity index (χ0v) is 21.1. The summed E-state index contributed by atoms with van der Waals surface area (Å²) in [5.74, 6) is 0. The summed E-state index contributed by atoms with van der Waals surface area (Å²) in [6, 6.07) is 0.906. The van der Waals surface area contributed by atoms with Gasteiger partial charge >= 0.3 is 0 Å². The molecule has 28 heavy (non-hydrogen) atoms. The topological polar surface area (TPSA) is 21.7 Å². The van der Waals surface area contributed by atoms with Crippen LogP contribution in [0.4, 0.5) is 0 Å². The lowest BCUT2D eigenvalue weighted by molar-refractivity contribution is 0.170. The molecule has 0 aromatic heterocycles. The number of hydrogen-bond donors (Lipinski definition) is 0. The normalized spacial score (nSPS) is 13.2. The molecule has 0 aliphatic rings. The largest absolute Gasteiger partial charge is 0.322 e. The molecule has 0 amide bonds. The lowest BCUT2D eigenvalue weighted by Gasteiger charge is -2.35. The van der Waals surface area contributed by atoms with Crippen LogP contribution in [0.25, 0.3) is 0 Å². The Morgan fingerprint density at radius 1 is 0.536 bits per heavy atom. The highest BCUT2D eigenvalue weighted by molar-refractivity contribution is 7.44. The summed E-state index contributed by atoms with van der Waals surface area (Å²) < 4.78 is 15.0. The Balaban J connectivity index is 4.10. The van der Waals surface area contributed by atoms with Crippen LogP contribution in [0.15, 0.2) is 0 Å². The third-order valence-corrected chi connectivity index (χ3v) is 7.25. The fourth-order valence-corrected chi connectivity index (χ4v) is 5.21. The second kappa shape index (κ2) is 20.6. The van der Waals surface area contributed by atoms with Gasteiger partial charge < -0.3 is 9.05 Å². The smallest absolute Gasteiger partial charge is 0.259 e. The Bertz CT molecular complexity index is 305. The van der Waals surface area contributed by atoms with Crippen LogP contribution in [0.5, 0.6) is 0 Å². The van der Waals surface area contributed by atoms with E-state index in [1.54, 1.807) is 0 Å². The van der Waals surface area contributed by atoms with Crippen molar-refractivity contribution >= 4 is 8.53 Å². The fraction of sp³-hybridized carbons (Fsp3) is 1.00. The van der Waals surface area contributed by atoms with E-state index in [0.29, 0.717) is 12.1 Å². The van der Waals surface area contributed by atoms with Gasteiger partial charge in [0.1, 0.15) is 0 Å². The number of unbranched alkanes of at least 4 members (excludes halogenated alkanes) is 12. The van der Waals surface area contributed by atoms with Gasteiger partial charge in [-0.05, 0) is 40.5 Å². The summed E-state index contributed by atoms with van der Waals surface area (Å²) in [5, 5.41) is 0. The van der Waals surface area contributed by atoms with Gasteiger partial charge in [-0.2, -0.15) is 0 Å². The summed E-state index contributed by atoms with van der Waals surface area (Å²) in [5.41, 5.74) is 0. The summed E-state index contributed by atoms with van der Waals surface area (Å²) in [6.45, 7) is 15.2. The van der Waals surface area contributed by atoms with Gasteiger partial charge in [-0.3, -0.25) is 0 Å². The Morgan fingerprint density at radius 3 is 1.18 bits per heavy atom. The molecule has 0 radical (unpaired) electrons. The molecular weight excluding hydrogens is 365 g/mol. The molecule has 0 aliphatic carbocycles. The summed E-state index contributed by atoms with van der Waals surface area (Å²) >= 11 is 0. The monoisotopic (exact) mass is 417 g/mol. The van der Waals surface area contributed by atoms with Crippen molar-refractivity contribution in [3.63, 3.8) is 0 Å². The predicted octanol–water partition coefficient (Wildman–Crippen LogP) is 8.87. The molecule has 1 atom stereocenters. The highest BCUT2D eigenvalue weighted by atomic mass is 31.2. The van der Waals surface area contributed by atoms with Crippen LogP contribution in [0, 0.1) is 0 Å². The first-order valence-electron chi connectivity index (χ1n) is 12.4. The molecule has 0 N–H and O–H groups in total. The van der Waals surface area contributed by atoms with E-state index in [2.05, 4.69) is 46.2 Å². The van der Waals surface area contributed by atoms with E-state index in [-0.39, 0.29) is 0 Å². The maximum atomic E-state index is 6.29. The number of rotatable bonds is 21. The molecular formula is C24H52NO2P. The molecule has 3 nitrogen and oxygen atoms in total. The maximum absolute atomic E-state index is 6.29. The van der Waals surface area contributed by atoms with E-state index >= 15 is 0 Å². The molecule has 0 fully saturated rings. The van der Waals surface area contributed by atoms with Crippen molar-refractivity contribution in [3.05, 3.63) is 0 Å². The molecule has 0 rings (SSSR count). The van der Waals surface area contributed by atoms with Gasteiger partial charge in [-0.15, -0.1) is 0 Å². The lowest BCUT2D eigenvalue weighted by atomic mass is 10.1. The zero-order chi connectivity index (χ0) is 21.0. The molecule has 0 aliphatic heterocycles. The first-order chi connectivity index (χ1) is 13.5. The van der Waals surface area contributed by atoms with E-state index in [9.17, 15) is 0 Å². The average Bonchev–Trinajstić information content (AvgIpc) is 2.65. The minimum absolute atomic E-state index is 0.453. The van der Waals surface area contributed by atoms with Crippen LogP contribution in [-0.4, -0.2) is 30.0 Å². The van der Waals surface area contributed by atoms with E-state index in [4.69, 9.17) is 9.05 Å². The first-order valence-corrected chi connectivity index (χ1v) is 13.5. The van der Waals surface area contributed by atoms with Gasteiger partial charge in [0.05, 0.1) is 13.2 Å². The molecule has 0 saturated heterocycles. The van der Waals surface area contributed by atoms with E-state index in [1.807, 2.05) is 0 Å². The van der Waals surface area contributed by atoms with Crippen molar-refractivity contribution in [2.45, 2.75) is 144 Å². The summed E-state index contributed by atoms with van der Waals surface area (Å²) in [7, 11) is -0.930. The van der Waals surface area contributed by atoms with Crippen LogP contribution in [-0.2, 0) is 9.05 Å². The first kappa shape index (κ1) is 28.3. The fourth-order valence-electron chi connectivity index (χ4n) is 3.55. The third-order valence-electron chi connectivity index (χ3n) is 5.15. The highest BCUT2D eigenvalue weighted by Gasteiger charge is 2.26. The number of nitrogens with zero attached hydrogens (tertiary/aromatic N) is 1. The van der Waals surface area contributed by atoms with Gasteiger partial charge in [0.2, 0.25) is 0 Å². The SMILES string of the molecule is CCCCCCCCCCOP(OCCCCCCCC)N(C(C)C)C(C)C. The molecule has 1 unspecified atom stereocenters. The van der Waals surface area contributed by atoms with E-state index < -0.39 is 8.53 Å². The highest BCUT2D eigenvalue weighted by Crippen LogP contribution is 2.46. The Labute approximate surface area is 179 Å². The van der Waals surface area contributed by atoms with Crippen molar-refractivity contribution in [1.82, 2.24) is 4.67 Å². The Hall–Kier alpha value is 0.310. The van der Waals surface area contributed by atoms with Crippen LogP contribution in [0.2, 0.25) is 0 Å². The van der Waals surface area contributed by atoms with Crippen molar-refractivity contribution in [2.24, 2.45) is 0 Å².